The van der Waals surface area contributed by atoms with E-state index in [0.717, 1.165) is 44.2 Å². The second kappa shape index (κ2) is 33.7. The maximum Gasteiger partial charge on any atom is 0.407 e. The summed E-state index contributed by atoms with van der Waals surface area (Å²) in [4.78, 5) is 93.2. The molecule has 0 fully saturated rings. The molecule has 0 aliphatic carbocycles. The highest BCUT2D eigenvalue weighted by atomic mass is 33.1. The van der Waals surface area contributed by atoms with Gasteiger partial charge in [0, 0.05) is 62.0 Å². The first-order chi connectivity index (χ1) is 29.6. The van der Waals surface area contributed by atoms with Crippen LogP contribution in [0.3, 0.4) is 0 Å². The van der Waals surface area contributed by atoms with E-state index in [1.807, 2.05) is 12.1 Å². The molecular weight excluding hydrogens is 889 g/mol. The monoisotopic (exact) mass is 944 g/mol. The molecule has 24 heteroatoms. The van der Waals surface area contributed by atoms with E-state index in [2.05, 4.69) is 31.9 Å². The molecule has 2 rings (SSSR count). The van der Waals surface area contributed by atoms with Gasteiger partial charge in [-0.2, -0.15) is 0 Å². The number of alkyl carbamates (subject to hydrolysis) is 2. The summed E-state index contributed by atoms with van der Waals surface area (Å²) in [5, 5.41) is 33.8. The highest BCUT2D eigenvalue weighted by molar-refractivity contribution is 8.77. The maximum absolute atomic E-state index is 12.2. The van der Waals surface area contributed by atoms with E-state index in [-0.39, 0.29) is 62.5 Å². The molecule has 0 bridgehead atoms. The van der Waals surface area contributed by atoms with Crippen molar-refractivity contribution in [3.63, 3.8) is 0 Å². The molecule has 6 amide bonds. The van der Waals surface area contributed by atoms with Crippen LogP contribution in [0.4, 0.5) is 9.59 Å². The molecule has 2 aromatic carbocycles. The summed E-state index contributed by atoms with van der Waals surface area (Å²) in [5.41, 5.74) is 12.4. The van der Waals surface area contributed by atoms with Crippen molar-refractivity contribution in [3.05, 3.63) is 71.8 Å². The van der Waals surface area contributed by atoms with Gasteiger partial charge in [-0.3, -0.25) is 19.2 Å². The van der Waals surface area contributed by atoms with Crippen LogP contribution in [0.5, 0.6) is 0 Å². The first kappa shape index (κ1) is 55.1. The van der Waals surface area contributed by atoms with Gasteiger partial charge < -0.3 is 63.1 Å². The fraction of sp³-hybridized carbons (Fsp3) is 0.474. The fourth-order valence-electron chi connectivity index (χ4n) is 4.09. The summed E-state index contributed by atoms with van der Waals surface area (Å²) in [5.74, 6) is -2.64. The van der Waals surface area contributed by atoms with Crippen molar-refractivity contribution in [2.45, 2.75) is 64.1 Å². The summed E-state index contributed by atoms with van der Waals surface area (Å²) in [6, 6.07) is 14.6. The van der Waals surface area contributed by atoms with Crippen LogP contribution in [0.25, 0.3) is 0 Å². The Morgan fingerprint density at radius 1 is 0.548 bits per heavy atom. The molecule has 12 N–H and O–H groups in total. The molecule has 0 heterocycles. The SMILES string of the molecule is CC(N)C(=O)NCCSSCCNC(=O)C(C)N.O=C(CCNC(=O)OCc1ccccc1)NC(CSSCC(NC(=O)CCNC(=O)OCc1ccccc1)C(=O)O)C(=O)O. The zero-order valence-electron chi connectivity index (χ0n) is 34.3. The average molecular weight is 945 g/mol. The van der Waals surface area contributed by atoms with Crippen molar-refractivity contribution >= 4 is 90.9 Å². The zero-order chi connectivity index (χ0) is 46.1. The number of carbonyl (C=O) groups is 8. The Bertz CT molecular complexity index is 1560. The Morgan fingerprint density at radius 2 is 0.903 bits per heavy atom. The van der Waals surface area contributed by atoms with E-state index in [1.54, 1.807) is 84.0 Å². The topological polar surface area (TPSA) is 320 Å². The molecule has 4 unspecified atom stereocenters. The number of ether oxygens (including phenoxy) is 2. The van der Waals surface area contributed by atoms with Gasteiger partial charge in [0.2, 0.25) is 23.6 Å². The standard InChI is InChI=1S/C28H34N4O10S2.C10H22N4O2S2/c33-23(11-13-29-27(39)41-15-19-7-3-1-4-8-19)31-21(25(35)36)17-43-44-18-22(26(37)38)32-24(34)12-14-30-28(40)42-16-20-9-5-2-6-10-20;1-7(11)9(15)13-3-5-17-18-6-4-14-10(16)8(2)12/h1-10,21-22H,11-18H2,(H,29,39)(H,30,40)(H,31,33)(H,32,34)(H,35,36)(H,37,38);7-8H,3-6,11-12H2,1-2H3,(H,13,15)(H,14,16). The highest BCUT2D eigenvalue weighted by Gasteiger charge is 2.23. The minimum absolute atomic E-state index is 0.0600. The lowest BCUT2D eigenvalue weighted by Gasteiger charge is -2.16. The van der Waals surface area contributed by atoms with Gasteiger partial charge in [-0.05, 0) is 25.0 Å². The van der Waals surface area contributed by atoms with E-state index >= 15 is 0 Å². The minimum atomic E-state index is -1.29. The molecule has 344 valence electrons. The molecule has 0 saturated heterocycles. The number of nitrogens with two attached hydrogens (primary N) is 2. The van der Waals surface area contributed by atoms with Crippen LogP contribution in [-0.2, 0) is 51.5 Å². The average Bonchev–Trinajstić information content (AvgIpc) is 3.24. The van der Waals surface area contributed by atoms with E-state index < -0.39 is 60.1 Å². The quantitative estimate of drug-likeness (QED) is 0.0426. The fourth-order valence-corrected chi connectivity index (χ4v) is 8.21. The number of amides is 6. The Kier molecular flexibility index (Phi) is 30.0. The van der Waals surface area contributed by atoms with Crippen molar-refractivity contribution in [1.82, 2.24) is 31.9 Å². The van der Waals surface area contributed by atoms with Crippen molar-refractivity contribution in [2.75, 3.05) is 49.2 Å². The first-order valence-electron chi connectivity index (χ1n) is 19.1. The smallest absolute Gasteiger partial charge is 0.407 e. The second-order valence-corrected chi connectivity index (χ2v) is 18.0. The third-order valence-electron chi connectivity index (χ3n) is 7.37. The number of rotatable bonds is 28. The van der Waals surface area contributed by atoms with Gasteiger partial charge in [0.15, 0.2) is 0 Å². The molecule has 2 aromatic rings. The number of hydrogen-bond acceptors (Lipinski definition) is 16. The van der Waals surface area contributed by atoms with Crippen LogP contribution < -0.4 is 43.4 Å². The number of nitrogens with one attached hydrogen (secondary N) is 6. The molecular formula is C38H56N8O12S4. The largest absolute Gasteiger partial charge is 0.480 e. The van der Waals surface area contributed by atoms with Gasteiger partial charge in [0.25, 0.3) is 0 Å². The number of benzene rings is 2. The molecule has 0 aliphatic rings. The number of carbonyl (C=O) groups excluding carboxylic acids is 6. The predicted molar refractivity (Wildman–Crippen MR) is 241 cm³/mol. The predicted octanol–water partition coefficient (Wildman–Crippen LogP) is 1.43. The van der Waals surface area contributed by atoms with Gasteiger partial charge in [0.05, 0.1) is 12.1 Å². The van der Waals surface area contributed by atoms with E-state index in [4.69, 9.17) is 20.9 Å². The Hall–Kier alpha value is -4.88. The van der Waals surface area contributed by atoms with Crippen LogP contribution in [0.2, 0.25) is 0 Å². The van der Waals surface area contributed by atoms with E-state index in [1.165, 1.54) is 0 Å². The summed E-state index contributed by atoms with van der Waals surface area (Å²) < 4.78 is 10.1. The van der Waals surface area contributed by atoms with E-state index in [0.29, 0.717) is 13.1 Å². The molecule has 0 aromatic heterocycles. The lowest BCUT2D eigenvalue weighted by molar-refractivity contribution is -0.141. The maximum atomic E-state index is 12.2. The third-order valence-corrected chi connectivity index (χ3v) is 12.2. The normalized spacial score (nSPS) is 12.3. The van der Waals surface area contributed by atoms with Crippen LogP contribution in [-0.4, -0.2) is 131 Å². The molecule has 0 radical (unpaired) electrons. The van der Waals surface area contributed by atoms with Crippen molar-refractivity contribution in [1.29, 1.82) is 0 Å². The molecule has 0 aliphatic heterocycles. The van der Waals surface area contributed by atoms with Gasteiger partial charge in [-0.15, -0.1) is 0 Å². The summed E-state index contributed by atoms with van der Waals surface area (Å²) >= 11 is 0. The Balaban J connectivity index is 0.000000895. The van der Waals surface area contributed by atoms with Gasteiger partial charge in [-0.1, -0.05) is 104 Å². The molecule has 0 spiro atoms. The molecule has 4 atom stereocenters. The lowest BCUT2D eigenvalue weighted by atomic mass is 10.2. The van der Waals surface area contributed by atoms with E-state index in [9.17, 15) is 48.6 Å². The van der Waals surface area contributed by atoms with Crippen LogP contribution in [0.1, 0.15) is 37.8 Å². The Morgan fingerprint density at radius 3 is 1.23 bits per heavy atom. The van der Waals surface area contributed by atoms with Crippen molar-refractivity contribution in [2.24, 2.45) is 11.5 Å². The van der Waals surface area contributed by atoms with Crippen molar-refractivity contribution in [3.8, 4) is 0 Å². The molecule has 20 nitrogen and oxygen atoms in total. The summed E-state index contributed by atoms with van der Waals surface area (Å²) in [6.45, 7) is 4.48. The number of carboxylic acid groups (broad SMARTS) is 2. The van der Waals surface area contributed by atoms with Gasteiger partial charge in [-0.25, -0.2) is 19.2 Å². The van der Waals surface area contributed by atoms with Crippen LogP contribution in [0.15, 0.2) is 60.7 Å². The lowest BCUT2D eigenvalue weighted by Crippen LogP contribution is -2.44. The number of hydrogen-bond donors (Lipinski definition) is 10. The van der Waals surface area contributed by atoms with Gasteiger partial charge in [0.1, 0.15) is 25.3 Å². The van der Waals surface area contributed by atoms with Gasteiger partial charge >= 0.3 is 24.1 Å². The summed E-state index contributed by atoms with van der Waals surface area (Å²) in [6.07, 6.45) is -1.81. The first-order valence-corrected chi connectivity index (χ1v) is 24.0. The Labute approximate surface area is 375 Å². The highest BCUT2D eigenvalue weighted by Crippen LogP contribution is 2.23. The second-order valence-electron chi connectivity index (χ2n) is 12.8. The zero-order valence-corrected chi connectivity index (χ0v) is 37.6. The van der Waals surface area contributed by atoms with Crippen molar-refractivity contribution < 1.29 is 58.0 Å². The molecule has 62 heavy (non-hydrogen) atoms. The third kappa shape index (κ3) is 28.6. The number of aliphatic carboxylic acids is 2. The van der Waals surface area contributed by atoms with Crippen LogP contribution >= 0.6 is 43.2 Å². The molecule has 0 saturated carbocycles. The number of carboxylic acids is 2. The minimum Gasteiger partial charge on any atom is -0.480 e. The summed E-state index contributed by atoms with van der Waals surface area (Å²) in [7, 11) is 5.30. The van der Waals surface area contributed by atoms with Crippen LogP contribution in [0, 0.1) is 0 Å².